The van der Waals surface area contributed by atoms with Crippen LogP contribution in [0.3, 0.4) is 0 Å². The van der Waals surface area contributed by atoms with Gasteiger partial charge in [0.25, 0.3) is 0 Å². The largest absolute Gasteiger partial charge is 0.308 e. The summed E-state index contributed by atoms with van der Waals surface area (Å²) in [4.78, 5) is 6.53. The Bertz CT molecular complexity index is 2810. The molecule has 0 spiro atoms. The number of pyridine rings is 1. The minimum absolute atomic E-state index is 0.0940. The summed E-state index contributed by atoms with van der Waals surface area (Å²) in [6.07, 6.45) is 1.83. The first-order valence-electron chi connectivity index (χ1n) is 17.8. The molecule has 10 rings (SSSR count). The number of hydrogen-bond donors (Lipinski definition) is 0. The second kappa shape index (κ2) is 12.3. The van der Waals surface area contributed by atoms with E-state index >= 15 is 4.39 Å². The van der Waals surface area contributed by atoms with Gasteiger partial charge in [-0.05, 0) is 106 Å². The molecule has 2 heterocycles. The molecule has 0 saturated heterocycles. The van der Waals surface area contributed by atoms with E-state index in [1.807, 2.05) is 54.7 Å². The van der Waals surface area contributed by atoms with Crippen molar-refractivity contribution in [2.24, 2.45) is 0 Å². The van der Waals surface area contributed by atoms with Crippen molar-refractivity contribution in [1.29, 1.82) is 0 Å². The van der Waals surface area contributed by atoms with Crippen molar-refractivity contribution in [3.8, 4) is 16.8 Å². The van der Waals surface area contributed by atoms with Gasteiger partial charge >= 0.3 is 0 Å². The first kappa shape index (κ1) is 31.8. The fourth-order valence-corrected chi connectivity index (χ4v) is 8.49. The van der Waals surface area contributed by atoms with Crippen LogP contribution in [0.4, 0.5) is 30.2 Å². The maximum Gasteiger partial charge on any atom is 0.196 e. The molecule has 1 aliphatic carbocycles. The second-order valence-electron chi connectivity index (χ2n) is 13.5. The Labute approximate surface area is 309 Å². The normalized spacial score (nSPS) is 12.9. The van der Waals surface area contributed by atoms with Crippen LogP contribution >= 0.6 is 0 Å². The van der Waals surface area contributed by atoms with Crippen molar-refractivity contribution in [3.05, 3.63) is 222 Å². The van der Waals surface area contributed by atoms with E-state index in [1.165, 1.54) is 33.9 Å². The number of fused-ring (bicyclic) bond motifs is 6. The van der Waals surface area contributed by atoms with Gasteiger partial charge in [0, 0.05) is 28.6 Å². The summed E-state index contributed by atoms with van der Waals surface area (Å²) >= 11 is 0. The molecule has 0 bridgehead atoms. The molecular weight excluding hydrogens is 676 g/mol. The Morgan fingerprint density at radius 3 is 1.83 bits per heavy atom. The van der Waals surface area contributed by atoms with Crippen LogP contribution < -0.4 is 4.90 Å². The van der Waals surface area contributed by atoms with Crippen LogP contribution in [-0.4, -0.2) is 9.55 Å². The van der Waals surface area contributed by atoms with Gasteiger partial charge in [0.15, 0.2) is 17.5 Å². The molecule has 0 unspecified atom stereocenters. The Kier molecular flexibility index (Phi) is 7.27. The van der Waals surface area contributed by atoms with Crippen molar-refractivity contribution >= 4 is 39.0 Å². The van der Waals surface area contributed by atoms with Gasteiger partial charge in [0.2, 0.25) is 0 Å². The minimum Gasteiger partial charge on any atom is -0.308 e. The molecule has 258 valence electrons. The SMILES string of the molecule is Fc1ccc(N(c2ccccc2)c2ccc(-n3c4cc5c(cc4c4ncccc43)C(c3ccccc3)(c3ccccc3)c3ccccc3-5)cc2)c(F)c1F. The fraction of sp³-hybridized carbons (Fsp3) is 0.0208. The highest BCUT2D eigenvalue weighted by molar-refractivity contribution is 6.10. The second-order valence-corrected chi connectivity index (χ2v) is 13.5. The van der Waals surface area contributed by atoms with Crippen LogP contribution in [0.15, 0.2) is 182 Å². The molecule has 1 aliphatic rings. The first-order chi connectivity index (χ1) is 26.6. The fourth-order valence-electron chi connectivity index (χ4n) is 8.49. The maximum absolute atomic E-state index is 15.4. The number of rotatable bonds is 6. The Hall–Kier alpha value is -6.92. The zero-order chi connectivity index (χ0) is 36.4. The number of anilines is 3. The summed E-state index contributed by atoms with van der Waals surface area (Å²) in [6, 6.07) is 57.7. The molecule has 0 radical (unpaired) electrons. The first-order valence-corrected chi connectivity index (χ1v) is 17.8. The molecule has 6 heteroatoms. The lowest BCUT2D eigenvalue weighted by Gasteiger charge is -2.33. The zero-order valence-corrected chi connectivity index (χ0v) is 28.8. The number of aromatic nitrogens is 2. The van der Waals surface area contributed by atoms with E-state index < -0.39 is 22.9 Å². The van der Waals surface area contributed by atoms with Crippen molar-refractivity contribution < 1.29 is 13.2 Å². The highest BCUT2D eigenvalue weighted by Gasteiger charge is 2.46. The van der Waals surface area contributed by atoms with Gasteiger partial charge in [-0.15, -0.1) is 0 Å². The van der Waals surface area contributed by atoms with E-state index in [0.717, 1.165) is 39.3 Å². The third kappa shape index (κ3) is 4.59. The summed E-state index contributed by atoms with van der Waals surface area (Å²) in [5.74, 6) is -4.01. The maximum atomic E-state index is 15.4. The zero-order valence-electron chi connectivity index (χ0n) is 28.8. The van der Waals surface area contributed by atoms with Gasteiger partial charge in [0.1, 0.15) is 0 Å². The molecule has 54 heavy (non-hydrogen) atoms. The number of halogens is 3. The number of para-hydroxylation sites is 1. The van der Waals surface area contributed by atoms with Crippen LogP contribution in [0.1, 0.15) is 22.3 Å². The summed E-state index contributed by atoms with van der Waals surface area (Å²) in [5, 5.41) is 1.02. The van der Waals surface area contributed by atoms with E-state index in [0.29, 0.717) is 11.4 Å². The van der Waals surface area contributed by atoms with Crippen LogP contribution in [-0.2, 0) is 5.41 Å². The highest BCUT2D eigenvalue weighted by Crippen LogP contribution is 2.57. The van der Waals surface area contributed by atoms with E-state index in [2.05, 4.69) is 108 Å². The van der Waals surface area contributed by atoms with E-state index in [9.17, 15) is 8.78 Å². The van der Waals surface area contributed by atoms with Gasteiger partial charge in [-0.25, -0.2) is 13.2 Å². The average Bonchev–Trinajstić information content (AvgIpc) is 3.71. The molecular formula is C48H30F3N3. The van der Waals surface area contributed by atoms with Crippen LogP contribution in [0.2, 0.25) is 0 Å². The molecule has 3 nitrogen and oxygen atoms in total. The van der Waals surface area contributed by atoms with Gasteiger partial charge in [-0.3, -0.25) is 4.98 Å². The van der Waals surface area contributed by atoms with Crippen LogP contribution in [0, 0.1) is 17.5 Å². The van der Waals surface area contributed by atoms with Crippen molar-refractivity contribution in [1.82, 2.24) is 9.55 Å². The smallest absolute Gasteiger partial charge is 0.196 e. The summed E-state index contributed by atoms with van der Waals surface area (Å²) in [5.41, 5.74) is 11.3. The predicted octanol–water partition coefficient (Wildman–Crippen LogP) is 12.4. The molecule has 0 saturated carbocycles. The Balaban J connectivity index is 1.20. The lowest BCUT2D eigenvalue weighted by Crippen LogP contribution is -2.28. The molecule has 0 fully saturated rings. The quantitative estimate of drug-likeness (QED) is 0.161. The molecule has 7 aromatic carbocycles. The topological polar surface area (TPSA) is 21.1 Å². The summed E-state index contributed by atoms with van der Waals surface area (Å²) < 4.78 is 46.2. The number of hydrogen-bond acceptors (Lipinski definition) is 2. The van der Waals surface area contributed by atoms with Crippen molar-refractivity contribution in [2.75, 3.05) is 4.90 Å². The molecule has 0 amide bonds. The highest BCUT2D eigenvalue weighted by atomic mass is 19.2. The van der Waals surface area contributed by atoms with Gasteiger partial charge in [-0.2, -0.15) is 0 Å². The van der Waals surface area contributed by atoms with E-state index in [4.69, 9.17) is 4.98 Å². The molecule has 0 N–H and O–H groups in total. The Morgan fingerprint density at radius 1 is 0.500 bits per heavy atom. The minimum atomic E-state index is -1.51. The number of nitrogens with zero attached hydrogens (tertiary/aromatic N) is 3. The predicted molar refractivity (Wildman–Crippen MR) is 210 cm³/mol. The lowest BCUT2D eigenvalue weighted by atomic mass is 9.67. The molecule has 0 atom stereocenters. The van der Waals surface area contributed by atoms with Crippen LogP contribution in [0.5, 0.6) is 0 Å². The van der Waals surface area contributed by atoms with E-state index in [-0.39, 0.29) is 5.69 Å². The standard InChI is InChI=1S/C48H30F3N3/c49-41-26-27-42(46(51)45(41)50)53(33-17-8-3-9-18-33)34-22-24-35(25-23-34)54-43-21-12-28-52-47(43)38-29-40-37(30-44(38)54)36-19-10-11-20-39(36)48(40,31-13-4-1-5-14-31)32-15-6-2-7-16-32/h1-30H. The van der Waals surface area contributed by atoms with Crippen molar-refractivity contribution in [2.45, 2.75) is 5.41 Å². The average molecular weight is 706 g/mol. The van der Waals surface area contributed by atoms with Crippen LogP contribution in [0.25, 0.3) is 38.8 Å². The lowest BCUT2D eigenvalue weighted by molar-refractivity contribution is 0.448. The Morgan fingerprint density at radius 2 is 1.13 bits per heavy atom. The molecule has 9 aromatic rings. The van der Waals surface area contributed by atoms with Gasteiger partial charge in [-0.1, -0.05) is 103 Å². The molecule has 0 aliphatic heterocycles. The van der Waals surface area contributed by atoms with Gasteiger partial charge < -0.3 is 9.47 Å². The monoisotopic (exact) mass is 705 g/mol. The summed E-state index contributed by atoms with van der Waals surface area (Å²) in [7, 11) is 0. The summed E-state index contributed by atoms with van der Waals surface area (Å²) in [6.45, 7) is 0. The van der Waals surface area contributed by atoms with Gasteiger partial charge in [0.05, 0.1) is 27.7 Å². The number of benzene rings is 7. The van der Waals surface area contributed by atoms with E-state index in [1.54, 1.807) is 17.0 Å². The third-order valence-electron chi connectivity index (χ3n) is 10.7. The molecule has 2 aromatic heterocycles. The van der Waals surface area contributed by atoms with Crippen molar-refractivity contribution in [3.63, 3.8) is 0 Å². The third-order valence-corrected chi connectivity index (χ3v) is 10.7.